The van der Waals surface area contributed by atoms with Gasteiger partial charge in [0.05, 0.1) is 29.9 Å². The molecule has 0 radical (unpaired) electrons. The van der Waals surface area contributed by atoms with Crippen LogP contribution < -0.4 is 4.90 Å². The second-order valence-electron chi connectivity index (χ2n) is 6.33. The van der Waals surface area contributed by atoms with Crippen molar-refractivity contribution in [2.75, 3.05) is 30.9 Å². The molecule has 0 bridgehead atoms. The zero-order valence-corrected chi connectivity index (χ0v) is 16.3. The Hall–Kier alpha value is -1.98. The highest BCUT2D eigenvalue weighted by Crippen LogP contribution is 2.40. The molecule has 0 N–H and O–H groups in total. The van der Waals surface area contributed by atoms with Crippen molar-refractivity contribution in [2.24, 2.45) is 0 Å². The third-order valence-electron chi connectivity index (χ3n) is 4.14. The zero-order valence-electron chi connectivity index (χ0n) is 14.7. The summed E-state index contributed by atoms with van der Waals surface area (Å²) in [6.07, 6.45) is 0.863. The van der Waals surface area contributed by atoms with Crippen molar-refractivity contribution in [3.05, 3.63) is 33.6 Å². The van der Waals surface area contributed by atoms with Crippen LogP contribution in [0.4, 0.5) is 10.7 Å². The lowest BCUT2D eigenvalue weighted by Crippen LogP contribution is -2.44. The van der Waals surface area contributed by atoms with Gasteiger partial charge in [-0.15, -0.1) is 0 Å². The normalized spacial score (nSPS) is 18.3. The highest BCUT2D eigenvalue weighted by molar-refractivity contribution is 7.92. The van der Waals surface area contributed by atoms with Crippen molar-refractivity contribution in [2.45, 2.75) is 30.7 Å². The first-order chi connectivity index (χ1) is 12.1. The van der Waals surface area contributed by atoms with E-state index in [9.17, 15) is 18.5 Å². The molecule has 3 heterocycles. The molecule has 2 aromatic heterocycles. The maximum Gasteiger partial charge on any atom is 0.305 e. The summed E-state index contributed by atoms with van der Waals surface area (Å²) in [4.78, 5) is 12.7. The molecule has 1 saturated heterocycles. The Morgan fingerprint density at radius 3 is 2.73 bits per heavy atom. The van der Waals surface area contributed by atoms with E-state index in [4.69, 9.17) is 4.74 Å². The molecular weight excluding hydrogens is 380 g/mol. The Labute approximate surface area is 155 Å². The van der Waals surface area contributed by atoms with Gasteiger partial charge in [0.15, 0.2) is 14.8 Å². The first-order valence-corrected chi connectivity index (χ1v) is 10.7. The number of aryl methyl sites for hydroxylation is 2. The Morgan fingerprint density at radius 1 is 1.42 bits per heavy atom. The van der Waals surface area contributed by atoms with Crippen LogP contribution in [0, 0.1) is 24.0 Å². The molecule has 142 valence electrons. The molecule has 3 rings (SSSR count). The van der Waals surface area contributed by atoms with Crippen LogP contribution in [0.2, 0.25) is 0 Å². The van der Waals surface area contributed by atoms with Crippen LogP contribution in [0.25, 0.3) is 0 Å². The van der Waals surface area contributed by atoms with Crippen molar-refractivity contribution in [1.82, 2.24) is 9.78 Å². The van der Waals surface area contributed by atoms with Gasteiger partial charge in [-0.3, -0.25) is 14.8 Å². The van der Waals surface area contributed by atoms with Crippen LogP contribution in [0.5, 0.6) is 0 Å². The summed E-state index contributed by atoms with van der Waals surface area (Å²) in [5.41, 5.74) is 1.76. The van der Waals surface area contributed by atoms with E-state index in [1.165, 1.54) is 0 Å². The fourth-order valence-electron chi connectivity index (χ4n) is 2.96. The van der Waals surface area contributed by atoms with E-state index >= 15 is 0 Å². The van der Waals surface area contributed by atoms with Gasteiger partial charge in [-0.25, -0.2) is 8.42 Å². The third-order valence-corrected chi connectivity index (χ3v) is 7.13. The fourth-order valence-corrected chi connectivity index (χ4v) is 5.02. The van der Waals surface area contributed by atoms with E-state index in [-0.39, 0.29) is 16.0 Å². The summed E-state index contributed by atoms with van der Waals surface area (Å²) >= 11 is 0.935. The maximum absolute atomic E-state index is 11.8. The quantitative estimate of drug-likeness (QED) is 0.556. The average molecular weight is 400 g/mol. The van der Waals surface area contributed by atoms with Gasteiger partial charge < -0.3 is 9.64 Å². The summed E-state index contributed by atoms with van der Waals surface area (Å²) in [5, 5.41) is 16.1. The van der Waals surface area contributed by atoms with Crippen LogP contribution >= 0.6 is 11.3 Å². The minimum absolute atomic E-state index is 0.000729. The van der Waals surface area contributed by atoms with Crippen molar-refractivity contribution < 1.29 is 18.1 Å². The van der Waals surface area contributed by atoms with Gasteiger partial charge in [0, 0.05) is 31.1 Å². The van der Waals surface area contributed by atoms with Gasteiger partial charge in [0.2, 0.25) is 0 Å². The smallest absolute Gasteiger partial charge is 0.305 e. The molecule has 0 saturated carbocycles. The number of morpholine rings is 1. The van der Waals surface area contributed by atoms with Crippen LogP contribution in [0.3, 0.4) is 0 Å². The van der Waals surface area contributed by atoms with E-state index in [0.717, 1.165) is 35.0 Å². The molecule has 2 aromatic rings. The highest BCUT2D eigenvalue weighted by Gasteiger charge is 2.31. The van der Waals surface area contributed by atoms with E-state index in [2.05, 4.69) is 5.10 Å². The molecule has 26 heavy (non-hydrogen) atoms. The van der Waals surface area contributed by atoms with Gasteiger partial charge in [0.1, 0.15) is 4.21 Å². The van der Waals surface area contributed by atoms with E-state index < -0.39 is 14.8 Å². The van der Waals surface area contributed by atoms with Gasteiger partial charge in [0.25, 0.3) is 0 Å². The van der Waals surface area contributed by atoms with Gasteiger partial charge >= 0.3 is 5.69 Å². The van der Waals surface area contributed by atoms with Crippen LogP contribution in [0.15, 0.2) is 16.3 Å². The van der Waals surface area contributed by atoms with Crippen LogP contribution in [-0.4, -0.2) is 55.2 Å². The Bertz CT molecular complexity index is 934. The van der Waals surface area contributed by atoms with Gasteiger partial charge in [-0.05, 0) is 19.9 Å². The lowest BCUT2D eigenvalue weighted by Gasteiger charge is -2.33. The first-order valence-electron chi connectivity index (χ1n) is 8.01. The maximum atomic E-state index is 11.8. The molecule has 0 spiro atoms. The number of sulfone groups is 1. The minimum atomic E-state index is -3.50. The lowest BCUT2D eigenvalue weighted by atomic mass is 10.2. The number of nitro groups is 1. The largest absolute Gasteiger partial charge is 0.373 e. The summed E-state index contributed by atoms with van der Waals surface area (Å²) in [7, 11) is -3.50. The monoisotopic (exact) mass is 400 g/mol. The number of anilines is 1. The zero-order chi connectivity index (χ0) is 19.1. The molecular formula is C15H20N4O5S2. The molecule has 1 atom stereocenters. The summed E-state index contributed by atoms with van der Waals surface area (Å²) in [6.45, 7) is 5.73. The molecule has 9 nitrogen and oxygen atoms in total. The van der Waals surface area contributed by atoms with Crippen LogP contribution in [0.1, 0.15) is 11.4 Å². The number of nitrogens with zero attached hydrogens (tertiary/aromatic N) is 4. The van der Waals surface area contributed by atoms with Crippen molar-refractivity contribution in [3.63, 3.8) is 0 Å². The SMILES string of the molecule is Cc1cc(C)n(C[C@H]2CN(c3sc(S(C)(=O)=O)cc3[N+](=O)[O-])CCO2)n1. The average Bonchev–Trinajstić information content (AvgIpc) is 3.11. The Morgan fingerprint density at radius 2 is 2.15 bits per heavy atom. The van der Waals surface area contributed by atoms with Crippen molar-refractivity contribution >= 4 is 31.9 Å². The molecule has 0 aromatic carbocycles. The number of ether oxygens (including phenoxy) is 1. The second-order valence-corrected chi connectivity index (χ2v) is 9.61. The van der Waals surface area contributed by atoms with Gasteiger partial charge in [-0.2, -0.15) is 5.10 Å². The Kier molecular flexibility index (Phi) is 5.04. The molecule has 0 aliphatic carbocycles. The number of thiophene rings is 1. The molecule has 0 unspecified atom stereocenters. The number of hydrogen-bond acceptors (Lipinski definition) is 8. The van der Waals surface area contributed by atoms with E-state index in [1.54, 1.807) is 0 Å². The summed E-state index contributed by atoms with van der Waals surface area (Å²) in [5.74, 6) is 0. The topological polar surface area (TPSA) is 108 Å². The number of hydrogen-bond donors (Lipinski definition) is 0. The molecule has 11 heteroatoms. The molecule has 0 amide bonds. The second kappa shape index (κ2) is 6.97. The predicted molar refractivity (Wildman–Crippen MR) is 97.7 cm³/mol. The highest BCUT2D eigenvalue weighted by atomic mass is 32.2. The lowest BCUT2D eigenvalue weighted by molar-refractivity contribution is -0.383. The number of aromatic nitrogens is 2. The predicted octanol–water partition coefficient (Wildman–Crippen LogP) is 1.78. The Balaban J connectivity index is 1.84. The van der Waals surface area contributed by atoms with E-state index in [0.29, 0.717) is 31.2 Å². The molecule has 1 fully saturated rings. The number of rotatable bonds is 5. The summed E-state index contributed by atoms with van der Waals surface area (Å²) < 4.78 is 31.2. The van der Waals surface area contributed by atoms with Crippen LogP contribution in [-0.2, 0) is 21.1 Å². The molecule has 1 aliphatic rings. The third kappa shape index (κ3) is 3.89. The van der Waals surface area contributed by atoms with Crippen molar-refractivity contribution in [3.8, 4) is 0 Å². The standard InChI is InChI=1S/C15H20N4O5S2/c1-10-6-11(2)18(16-10)9-12-8-17(4-5-24-12)15-13(19(20)21)7-14(25-15)26(3,22)23/h6-7,12H,4-5,8-9H2,1-3H3/t12-/m1/s1. The minimum Gasteiger partial charge on any atom is -0.373 e. The first kappa shape index (κ1) is 18.8. The fraction of sp³-hybridized carbons (Fsp3) is 0.533. The summed E-state index contributed by atoms with van der Waals surface area (Å²) in [6, 6.07) is 3.11. The van der Waals surface area contributed by atoms with Crippen molar-refractivity contribution in [1.29, 1.82) is 0 Å². The molecule has 1 aliphatic heterocycles. The van der Waals surface area contributed by atoms with Gasteiger partial charge in [-0.1, -0.05) is 11.3 Å². The van der Waals surface area contributed by atoms with E-state index in [1.807, 2.05) is 29.5 Å².